The standard InChI is InChI=1S/C12H15BrO/c1-2-12(13)11(8-9-14)10-6-4-3-5-7-10/h2-7,11,14H,8-9H2,1H3/b12-2-. The number of rotatable bonds is 4. The van der Waals surface area contributed by atoms with Crippen molar-refractivity contribution in [2.45, 2.75) is 19.3 Å². The summed E-state index contributed by atoms with van der Waals surface area (Å²) in [6.45, 7) is 2.21. The molecule has 0 heterocycles. The van der Waals surface area contributed by atoms with Crippen molar-refractivity contribution in [2.75, 3.05) is 6.61 Å². The van der Waals surface area contributed by atoms with E-state index in [9.17, 15) is 0 Å². The Kier molecular flexibility index (Phi) is 4.91. The Labute approximate surface area is 93.6 Å². The molecule has 0 bridgehead atoms. The van der Waals surface area contributed by atoms with Crippen molar-refractivity contribution < 1.29 is 5.11 Å². The molecule has 0 aliphatic carbocycles. The van der Waals surface area contributed by atoms with E-state index in [0.717, 1.165) is 10.9 Å². The minimum Gasteiger partial charge on any atom is -0.396 e. The number of aliphatic hydroxyl groups is 1. The molecule has 0 saturated heterocycles. The maximum Gasteiger partial charge on any atom is 0.0440 e. The highest BCUT2D eigenvalue weighted by molar-refractivity contribution is 9.11. The Morgan fingerprint density at radius 3 is 2.57 bits per heavy atom. The van der Waals surface area contributed by atoms with Gasteiger partial charge in [0.05, 0.1) is 0 Å². The summed E-state index contributed by atoms with van der Waals surface area (Å²) >= 11 is 3.53. The van der Waals surface area contributed by atoms with Crippen molar-refractivity contribution >= 4 is 15.9 Å². The number of hydrogen-bond donors (Lipinski definition) is 1. The number of aliphatic hydroxyl groups excluding tert-OH is 1. The van der Waals surface area contributed by atoms with Gasteiger partial charge in [0.25, 0.3) is 0 Å². The maximum atomic E-state index is 8.99. The highest BCUT2D eigenvalue weighted by Crippen LogP contribution is 2.31. The van der Waals surface area contributed by atoms with Crippen LogP contribution < -0.4 is 0 Å². The molecule has 0 aromatic heterocycles. The topological polar surface area (TPSA) is 20.2 Å². The number of hydrogen-bond acceptors (Lipinski definition) is 1. The number of halogens is 1. The Morgan fingerprint density at radius 2 is 2.07 bits per heavy atom. The largest absolute Gasteiger partial charge is 0.396 e. The summed E-state index contributed by atoms with van der Waals surface area (Å²) < 4.78 is 1.14. The van der Waals surface area contributed by atoms with Gasteiger partial charge in [-0.25, -0.2) is 0 Å². The van der Waals surface area contributed by atoms with E-state index in [2.05, 4.69) is 28.1 Å². The van der Waals surface area contributed by atoms with Crippen LogP contribution in [0.25, 0.3) is 0 Å². The molecule has 0 spiro atoms. The van der Waals surface area contributed by atoms with Crippen molar-refractivity contribution in [3.63, 3.8) is 0 Å². The van der Waals surface area contributed by atoms with Crippen LogP contribution in [0.15, 0.2) is 40.9 Å². The minimum atomic E-state index is 0.211. The van der Waals surface area contributed by atoms with Crippen LogP contribution in [0.5, 0.6) is 0 Å². The Balaban J connectivity index is 2.89. The average molecular weight is 255 g/mol. The highest BCUT2D eigenvalue weighted by Gasteiger charge is 2.12. The van der Waals surface area contributed by atoms with Crippen molar-refractivity contribution in [1.29, 1.82) is 0 Å². The molecule has 0 saturated carbocycles. The molecule has 76 valence electrons. The molecular formula is C12H15BrO. The molecule has 0 radical (unpaired) electrons. The summed E-state index contributed by atoms with van der Waals surface area (Å²) in [7, 11) is 0. The van der Waals surface area contributed by atoms with Gasteiger partial charge in [-0.05, 0) is 23.4 Å². The normalized spacial score (nSPS) is 14.1. The van der Waals surface area contributed by atoms with Crippen LogP contribution >= 0.6 is 15.9 Å². The van der Waals surface area contributed by atoms with Crippen LogP contribution in [0.4, 0.5) is 0 Å². The molecule has 1 rings (SSSR count). The zero-order valence-corrected chi connectivity index (χ0v) is 9.87. The van der Waals surface area contributed by atoms with E-state index in [1.54, 1.807) is 0 Å². The van der Waals surface area contributed by atoms with E-state index in [0.29, 0.717) is 0 Å². The molecule has 14 heavy (non-hydrogen) atoms. The lowest BCUT2D eigenvalue weighted by Gasteiger charge is -2.15. The molecule has 1 aromatic rings. The fourth-order valence-corrected chi connectivity index (χ4v) is 1.97. The van der Waals surface area contributed by atoms with Crippen molar-refractivity contribution in [3.05, 3.63) is 46.5 Å². The lowest BCUT2D eigenvalue weighted by atomic mass is 9.96. The Morgan fingerprint density at radius 1 is 1.43 bits per heavy atom. The summed E-state index contributed by atoms with van der Waals surface area (Å²) in [6.07, 6.45) is 2.79. The van der Waals surface area contributed by atoms with Gasteiger partial charge in [-0.15, -0.1) is 0 Å². The molecule has 1 unspecified atom stereocenters. The van der Waals surface area contributed by atoms with Crippen LogP contribution in [0.3, 0.4) is 0 Å². The van der Waals surface area contributed by atoms with Crippen LogP contribution in [0.1, 0.15) is 24.8 Å². The molecule has 0 aliphatic rings. The fourth-order valence-electron chi connectivity index (χ4n) is 1.48. The predicted octanol–water partition coefficient (Wildman–Crippen LogP) is 3.45. The second kappa shape index (κ2) is 5.99. The first-order valence-electron chi connectivity index (χ1n) is 4.77. The molecular weight excluding hydrogens is 240 g/mol. The Hall–Kier alpha value is -0.600. The van der Waals surface area contributed by atoms with E-state index in [1.165, 1.54) is 5.56 Å². The van der Waals surface area contributed by atoms with Crippen LogP contribution in [-0.2, 0) is 0 Å². The van der Waals surface area contributed by atoms with E-state index in [1.807, 2.05) is 31.2 Å². The Bertz CT molecular complexity index is 292. The second-order valence-electron chi connectivity index (χ2n) is 3.15. The number of allylic oxidation sites excluding steroid dienone is 2. The fraction of sp³-hybridized carbons (Fsp3) is 0.333. The molecule has 0 aliphatic heterocycles. The lowest BCUT2D eigenvalue weighted by molar-refractivity contribution is 0.282. The zero-order chi connectivity index (χ0) is 10.4. The van der Waals surface area contributed by atoms with E-state index < -0.39 is 0 Å². The first-order valence-corrected chi connectivity index (χ1v) is 5.56. The smallest absolute Gasteiger partial charge is 0.0440 e. The molecule has 1 nitrogen and oxygen atoms in total. The van der Waals surface area contributed by atoms with Crippen LogP contribution in [0, 0.1) is 0 Å². The third-order valence-electron chi connectivity index (χ3n) is 2.23. The second-order valence-corrected chi connectivity index (χ2v) is 4.06. The van der Waals surface area contributed by atoms with Gasteiger partial charge in [0, 0.05) is 12.5 Å². The third kappa shape index (κ3) is 2.96. The molecule has 1 aromatic carbocycles. The molecule has 0 amide bonds. The molecule has 1 N–H and O–H groups in total. The molecule has 1 atom stereocenters. The van der Waals surface area contributed by atoms with E-state index >= 15 is 0 Å². The van der Waals surface area contributed by atoms with Crippen molar-refractivity contribution in [3.8, 4) is 0 Å². The van der Waals surface area contributed by atoms with Gasteiger partial charge in [-0.2, -0.15) is 0 Å². The van der Waals surface area contributed by atoms with Gasteiger partial charge in [-0.3, -0.25) is 0 Å². The lowest BCUT2D eigenvalue weighted by Crippen LogP contribution is -2.01. The van der Waals surface area contributed by atoms with Crippen molar-refractivity contribution in [2.24, 2.45) is 0 Å². The van der Waals surface area contributed by atoms with E-state index in [4.69, 9.17) is 5.11 Å². The quantitative estimate of drug-likeness (QED) is 0.873. The van der Waals surface area contributed by atoms with Gasteiger partial charge >= 0.3 is 0 Å². The third-order valence-corrected chi connectivity index (χ3v) is 3.24. The summed E-state index contributed by atoms with van der Waals surface area (Å²) in [5, 5.41) is 8.99. The monoisotopic (exact) mass is 254 g/mol. The summed E-state index contributed by atoms with van der Waals surface area (Å²) in [4.78, 5) is 0. The van der Waals surface area contributed by atoms with Gasteiger partial charge in [0.1, 0.15) is 0 Å². The highest BCUT2D eigenvalue weighted by atomic mass is 79.9. The molecule has 2 heteroatoms. The summed E-state index contributed by atoms with van der Waals surface area (Å²) in [6, 6.07) is 10.2. The van der Waals surface area contributed by atoms with Crippen LogP contribution in [0.2, 0.25) is 0 Å². The summed E-state index contributed by atoms with van der Waals surface area (Å²) in [5.41, 5.74) is 1.24. The first-order chi connectivity index (χ1) is 6.79. The van der Waals surface area contributed by atoms with Gasteiger partial charge in [-0.1, -0.05) is 52.3 Å². The van der Waals surface area contributed by atoms with E-state index in [-0.39, 0.29) is 12.5 Å². The average Bonchev–Trinajstić information content (AvgIpc) is 2.26. The van der Waals surface area contributed by atoms with Gasteiger partial charge < -0.3 is 5.11 Å². The maximum absolute atomic E-state index is 8.99. The molecule has 0 fully saturated rings. The first kappa shape index (κ1) is 11.5. The number of benzene rings is 1. The minimum absolute atomic E-state index is 0.211. The van der Waals surface area contributed by atoms with Gasteiger partial charge in [0.2, 0.25) is 0 Å². The van der Waals surface area contributed by atoms with Gasteiger partial charge in [0.15, 0.2) is 0 Å². The predicted molar refractivity (Wildman–Crippen MR) is 63.6 cm³/mol. The summed E-state index contributed by atoms with van der Waals surface area (Å²) in [5.74, 6) is 0.284. The van der Waals surface area contributed by atoms with Crippen LogP contribution in [-0.4, -0.2) is 11.7 Å². The zero-order valence-electron chi connectivity index (χ0n) is 8.28. The van der Waals surface area contributed by atoms with Crippen molar-refractivity contribution in [1.82, 2.24) is 0 Å². The SMILES string of the molecule is C/C=C(\Br)C(CCO)c1ccccc1.